The lowest BCUT2D eigenvalue weighted by Crippen LogP contribution is -2.36. The summed E-state index contributed by atoms with van der Waals surface area (Å²) in [5, 5.41) is 18.9. The highest BCUT2D eigenvalue weighted by molar-refractivity contribution is 5.95. The molecule has 1 rings (SSSR count). The average Bonchev–Trinajstić information content (AvgIpc) is 2.13. The van der Waals surface area contributed by atoms with Crippen molar-refractivity contribution in [2.24, 2.45) is 0 Å². The summed E-state index contributed by atoms with van der Waals surface area (Å²) in [6, 6.07) is 5.04. The fraction of sp³-hybridized carbons (Fsp3) is 0.462. The molecule has 0 fully saturated rings. The highest BCUT2D eigenvalue weighted by Gasteiger charge is 2.19. The third-order valence-electron chi connectivity index (χ3n) is 2.49. The molecule has 0 radical (unpaired) electrons. The number of rotatable bonds is 5. The van der Waals surface area contributed by atoms with Crippen LogP contribution in [-0.2, 0) is 6.54 Å². The van der Waals surface area contributed by atoms with Crippen LogP contribution in [-0.4, -0.2) is 40.3 Å². The molecule has 0 aromatic heterocycles. The summed E-state index contributed by atoms with van der Waals surface area (Å²) in [6.07, 6.45) is 0. The summed E-state index contributed by atoms with van der Waals surface area (Å²) >= 11 is 0. The second-order valence-corrected chi connectivity index (χ2v) is 5.17. The molecule has 0 aliphatic carbocycles. The van der Waals surface area contributed by atoms with Crippen LogP contribution in [0, 0.1) is 0 Å². The van der Waals surface area contributed by atoms with Crippen LogP contribution in [0.15, 0.2) is 18.2 Å². The predicted octanol–water partition coefficient (Wildman–Crippen LogP) is 1.17. The van der Waals surface area contributed by atoms with Crippen molar-refractivity contribution in [2.75, 3.05) is 19.3 Å². The maximum atomic E-state index is 11.2. The number of nitrogens with zero attached hydrogens (tertiary/aromatic N) is 1. The molecule has 0 aliphatic heterocycles. The van der Waals surface area contributed by atoms with Crippen molar-refractivity contribution in [1.82, 2.24) is 4.90 Å². The van der Waals surface area contributed by atoms with E-state index in [9.17, 15) is 9.90 Å². The predicted molar refractivity (Wildman–Crippen MR) is 70.4 cm³/mol. The second kappa shape index (κ2) is 5.37. The van der Waals surface area contributed by atoms with Gasteiger partial charge in [0.05, 0.1) is 11.2 Å². The number of carbonyl (C=O) groups is 1. The molecule has 0 atom stereocenters. The van der Waals surface area contributed by atoms with Crippen LogP contribution in [0.3, 0.4) is 0 Å². The van der Waals surface area contributed by atoms with Gasteiger partial charge >= 0.3 is 5.97 Å². The lowest BCUT2D eigenvalue weighted by Gasteiger charge is -2.26. The van der Waals surface area contributed by atoms with Crippen molar-refractivity contribution in [3.8, 4) is 0 Å². The Morgan fingerprint density at radius 2 is 2.06 bits per heavy atom. The number of nitrogen functional groups attached to an aromatic ring is 1. The topological polar surface area (TPSA) is 86.8 Å². The summed E-state index contributed by atoms with van der Waals surface area (Å²) in [6.45, 7) is 4.29. The fourth-order valence-corrected chi connectivity index (χ4v) is 2.02. The first-order valence-corrected chi connectivity index (χ1v) is 5.72. The van der Waals surface area contributed by atoms with Crippen LogP contribution in [0.25, 0.3) is 0 Å². The molecule has 0 amide bonds. The van der Waals surface area contributed by atoms with Gasteiger partial charge in [-0.05, 0) is 32.5 Å². The van der Waals surface area contributed by atoms with Crippen LogP contribution in [0.5, 0.6) is 0 Å². The number of aromatic carboxylic acids is 1. The number of carboxylic acids is 1. The number of benzene rings is 1. The zero-order valence-corrected chi connectivity index (χ0v) is 11.0. The molecular weight excluding hydrogens is 232 g/mol. The van der Waals surface area contributed by atoms with Gasteiger partial charge in [-0.1, -0.05) is 12.1 Å². The normalized spacial score (nSPS) is 11.8. The van der Waals surface area contributed by atoms with Gasteiger partial charge in [-0.25, -0.2) is 4.79 Å². The number of anilines is 1. The van der Waals surface area contributed by atoms with Crippen LogP contribution in [0.2, 0.25) is 0 Å². The van der Waals surface area contributed by atoms with E-state index >= 15 is 0 Å². The Morgan fingerprint density at radius 3 is 2.56 bits per heavy atom. The Bertz CT molecular complexity index is 438. The molecule has 18 heavy (non-hydrogen) atoms. The van der Waals surface area contributed by atoms with E-state index in [1.807, 2.05) is 11.9 Å². The molecule has 1 aromatic carbocycles. The van der Waals surface area contributed by atoms with Gasteiger partial charge in [0.15, 0.2) is 0 Å². The standard InChI is InChI=1S/C13H20N2O3/c1-13(2,18)8-15(3)7-9-5-4-6-10(14)11(9)12(16)17/h4-6,18H,7-8,14H2,1-3H3,(H,16,17). The van der Waals surface area contributed by atoms with Crippen molar-refractivity contribution < 1.29 is 15.0 Å². The number of hydrogen-bond donors (Lipinski definition) is 3. The molecule has 0 spiro atoms. The Morgan fingerprint density at radius 1 is 1.44 bits per heavy atom. The molecule has 0 unspecified atom stereocenters. The average molecular weight is 252 g/mol. The molecule has 0 bridgehead atoms. The van der Waals surface area contributed by atoms with Gasteiger partial charge in [0.25, 0.3) is 0 Å². The quantitative estimate of drug-likeness (QED) is 0.685. The Kier molecular flexibility index (Phi) is 4.32. The molecule has 0 heterocycles. The summed E-state index contributed by atoms with van der Waals surface area (Å²) in [5.41, 5.74) is 5.90. The Labute approximate surface area is 107 Å². The van der Waals surface area contributed by atoms with Crippen molar-refractivity contribution in [3.05, 3.63) is 29.3 Å². The minimum absolute atomic E-state index is 0.139. The third-order valence-corrected chi connectivity index (χ3v) is 2.49. The highest BCUT2D eigenvalue weighted by Crippen LogP contribution is 2.19. The second-order valence-electron chi connectivity index (χ2n) is 5.17. The first kappa shape index (κ1) is 14.5. The van der Waals surface area contributed by atoms with Crippen molar-refractivity contribution in [2.45, 2.75) is 26.0 Å². The van der Waals surface area contributed by atoms with Crippen molar-refractivity contribution in [3.63, 3.8) is 0 Å². The van der Waals surface area contributed by atoms with E-state index in [0.717, 1.165) is 0 Å². The molecule has 0 saturated heterocycles. The van der Waals surface area contributed by atoms with Gasteiger partial charge in [0.1, 0.15) is 0 Å². The number of nitrogens with two attached hydrogens (primary N) is 1. The summed E-state index contributed by atoms with van der Waals surface area (Å²) in [7, 11) is 1.83. The van der Waals surface area contributed by atoms with Crippen molar-refractivity contribution in [1.29, 1.82) is 0 Å². The SMILES string of the molecule is CN(Cc1cccc(N)c1C(=O)O)CC(C)(C)O. The van der Waals surface area contributed by atoms with Gasteiger partial charge in [-0.2, -0.15) is 0 Å². The van der Waals surface area contributed by atoms with Gasteiger partial charge < -0.3 is 15.9 Å². The van der Waals surface area contributed by atoms with Gasteiger partial charge in [-0.15, -0.1) is 0 Å². The first-order valence-electron chi connectivity index (χ1n) is 5.72. The summed E-state index contributed by atoms with van der Waals surface area (Å²) in [5.74, 6) is -1.03. The summed E-state index contributed by atoms with van der Waals surface area (Å²) < 4.78 is 0. The van der Waals surface area contributed by atoms with Gasteiger partial charge in [0, 0.05) is 18.8 Å². The molecule has 5 heteroatoms. The molecular formula is C13H20N2O3. The smallest absolute Gasteiger partial charge is 0.338 e. The lowest BCUT2D eigenvalue weighted by molar-refractivity contribution is 0.0424. The van der Waals surface area contributed by atoms with E-state index in [1.54, 1.807) is 32.0 Å². The van der Waals surface area contributed by atoms with E-state index in [0.29, 0.717) is 18.7 Å². The molecule has 100 valence electrons. The molecule has 0 saturated carbocycles. The number of likely N-dealkylation sites (N-methyl/N-ethyl adjacent to an activating group) is 1. The first-order chi connectivity index (χ1) is 8.20. The largest absolute Gasteiger partial charge is 0.478 e. The Balaban J connectivity index is 2.91. The van der Waals surface area contributed by atoms with E-state index in [2.05, 4.69) is 0 Å². The molecule has 0 aliphatic rings. The lowest BCUT2D eigenvalue weighted by atomic mass is 10.0. The minimum Gasteiger partial charge on any atom is -0.478 e. The van der Waals surface area contributed by atoms with Crippen LogP contribution < -0.4 is 5.73 Å². The van der Waals surface area contributed by atoms with Gasteiger partial charge in [0.2, 0.25) is 0 Å². The summed E-state index contributed by atoms with van der Waals surface area (Å²) in [4.78, 5) is 13.0. The minimum atomic E-state index is -1.03. The van der Waals surface area contributed by atoms with Crippen LogP contribution in [0.1, 0.15) is 29.8 Å². The number of hydrogen-bond acceptors (Lipinski definition) is 4. The zero-order valence-electron chi connectivity index (χ0n) is 11.0. The maximum absolute atomic E-state index is 11.2. The maximum Gasteiger partial charge on any atom is 0.338 e. The van der Waals surface area contributed by atoms with E-state index < -0.39 is 11.6 Å². The van der Waals surface area contributed by atoms with Crippen LogP contribution in [0.4, 0.5) is 5.69 Å². The molecule has 5 nitrogen and oxygen atoms in total. The Hall–Kier alpha value is -1.59. The van der Waals surface area contributed by atoms with Crippen molar-refractivity contribution >= 4 is 11.7 Å². The van der Waals surface area contributed by atoms with E-state index in [-0.39, 0.29) is 11.3 Å². The zero-order chi connectivity index (χ0) is 13.9. The monoisotopic (exact) mass is 252 g/mol. The molecule has 1 aromatic rings. The van der Waals surface area contributed by atoms with E-state index in [1.165, 1.54) is 0 Å². The molecule has 4 N–H and O–H groups in total. The third kappa shape index (κ3) is 4.01. The highest BCUT2D eigenvalue weighted by atomic mass is 16.4. The van der Waals surface area contributed by atoms with E-state index in [4.69, 9.17) is 10.8 Å². The number of aliphatic hydroxyl groups is 1. The van der Waals surface area contributed by atoms with Gasteiger partial charge in [-0.3, -0.25) is 4.90 Å². The number of carboxylic acid groups (broad SMARTS) is 1. The fourth-order valence-electron chi connectivity index (χ4n) is 2.02. The van der Waals surface area contributed by atoms with Crippen LogP contribution >= 0.6 is 0 Å².